The van der Waals surface area contributed by atoms with Crippen LogP contribution in [0.3, 0.4) is 0 Å². The SMILES string of the molecule is COc1ccc2c(cnn2CCC(=O)Nc2cccc(C(C)=O)c2)c1. The van der Waals surface area contributed by atoms with E-state index in [0.29, 0.717) is 17.8 Å². The molecule has 0 radical (unpaired) electrons. The topological polar surface area (TPSA) is 73.2 Å². The summed E-state index contributed by atoms with van der Waals surface area (Å²) in [5.41, 5.74) is 2.14. The number of rotatable bonds is 6. The fourth-order valence-corrected chi connectivity index (χ4v) is 2.62. The average molecular weight is 337 g/mol. The summed E-state index contributed by atoms with van der Waals surface area (Å²) < 4.78 is 6.99. The first-order valence-corrected chi connectivity index (χ1v) is 7.97. The molecule has 2 aromatic carbocycles. The number of Topliss-reactive ketones (excluding diaryl/α,β-unsaturated/α-hetero) is 1. The molecule has 0 unspecified atom stereocenters. The Kier molecular flexibility index (Phi) is 4.79. The van der Waals surface area contributed by atoms with Gasteiger partial charge in [-0.25, -0.2) is 0 Å². The van der Waals surface area contributed by atoms with Crippen LogP contribution < -0.4 is 10.1 Å². The molecule has 3 aromatic rings. The van der Waals surface area contributed by atoms with Gasteiger partial charge in [-0.15, -0.1) is 0 Å². The van der Waals surface area contributed by atoms with Gasteiger partial charge in [-0.2, -0.15) is 5.10 Å². The second kappa shape index (κ2) is 7.17. The van der Waals surface area contributed by atoms with E-state index in [0.717, 1.165) is 16.7 Å². The minimum absolute atomic E-state index is 0.0328. The quantitative estimate of drug-likeness (QED) is 0.701. The van der Waals surface area contributed by atoms with Gasteiger partial charge in [0.25, 0.3) is 0 Å². The maximum atomic E-state index is 12.2. The van der Waals surface area contributed by atoms with Gasteiger partial charge in [-0.05, 0) is 37.3 Å². The van der Waals surface area contributed by atoms with E-state index in [1.165, 1.54) is 6.92 Å². The third-order valence-corrected chi connectivity index (χ3v) is 3.95. The zero-order chi connectivity index (χ0) is 17.8. The Bertz CT molecular complexity index is 931. The van der Waals surface area contributed by atoms with Crippen molar-refractivity contribution in [3.8, 4) is 5.75 Å². The van der Waals surface area contributed by atoms with Crippen LogP contribution in [0.2, 0.25) is 0 Å². The first kappa shape index (κ1) is 16.7. The van der Waals surface area contributed by atoms with E-state index in [1.807, 2.05) is 18.2 Å². The highest BCUT2D eigenvalue weighted by molar-refractivity contribution is 5.97. The van der Waals surface area contributed by atoms with Crippen molar-refractivity contribution in [2.24, 2.45) is 0 Å². The molecule has 25 heavy (non-hydrogen) atoms. The van der Waals surface area contributed by atoms with Crippen molar-refractivity contribution < 1.29 is 14.3 Å². The standard InChI is InChI=1S/C19H19N3O3/c1-13(23)14-4-3-5-16(10-14)21-19(24)8-9-22-18-7-6-17(25-2)11-15(18)12-20-22/h3-7,10-12H,8-9H2,1-2H3,(H,21,24). The Morgan fingerprint density at radius 2 is 2.04 bits per heavy atom. The van der Waals surface area contributed by atoms with Crippen LogP contribution in [0.25, 0.3) is 10.9 Å². The monoisotopic (exact) mass is 337 g/mol. The summed E-state index contributed by atoms with van der Waals surface area (Å²) in [5.74, 6) is 0.613. The summed E-state index contributed by atoms with van der Waals surface area (Å²) in [4.78, 5) is 23.6. The average Bonchev–Trinajstić information content (AvgIpc) is 3.02. The second-order valence-corrected chi connectivity index (χ2v) is 5.73. The number of benzene rings is 2. The number of carbonyl (C=O) groups is 2. The number of ether oxygens (including phenoxy) is 1. The van der Waals surface area contributed by atoms with Gasteiger partial charge in [0.1, 0.15) is 5.75 Å². The molecule has 1 heterocycles. The van der Waals surface area contributed by atoms with Crippen molar-refractivity contribution in [3.05, 3.63) is 54.2 Å². The van der Waals surface area contributed by atoms with Crippen LogP contribution in [0.1, 0.15) is 23.7 Å². The van der Waals surface area contributed by atoms with Crippen molar-refractivity contribution in [1.29, 1.82) is 0 Å². The van der Waals surface area contributed by atoms with Crippen LogP contribution in [0.5, 0.6) is 5.75 Å². The van der Waals surface area contributed by atoms with Gasteiger partial charge in [0.2, 0.25) is 5.91 Å². The Hall–Kier alpha value is -3.15. The van der Waals surface area contributed by atoms with E-state index in [1.54, 1.807) is 42.3 Å². The predicted octanol–water partition coefficient (Wildman–Crippen LogP) is 3.28. The molecule has 0 bridgehead atoms. The predicted molar refractivity (Wildman–Crippen MR) is 96.0 cm³/mol. The highest BCUT2D eigenvalue weighted by Gasteiger charge is 2.08. The molecule has 0 aliphatic rings. The second-order valence-electron chi connectivity index (χ2n) is 5.73. The molecular weight excluding hydrogens is 318 g/mol. The lowest BCUT2D eigenvalue weighted by molar-refractivity contribution is -0.116. The van der Waals surface area contributed by atoms with Crippen molar-refractivity contribution in [2.45, 2.75) is 19.9 Å². The van der Waals surface area contributed by atoms with Gasteiger partial charge < -0.3 is 10.1 Å². The molecule has 0 aliphatic heterocycles. The lowest BCUT2D eigenvalue weighted by Crippen LogP contribution is -2.15. The third-order valence-electron chi connectivity index (χ3n) is 3.95. The minimum Gasteiger partial charge on any atom is -0.497 e. The molecule has 128 valence electrons. The Labute approximate surface area is 145 Å². The zero-order valence-electron chi connectivity index (χ0n) is 14.2. The van der Waals surface area contributed by atoms with Crippen LogP contribution in [-0.4, -0.2) is 28.6 Å². The number of aromatic nitrogens is 2. The summed E-state index contributed by atoms with van der Waals surface area (Å²) in [6, 6.07) is 12.6. The molecule has 3 rings (SSSR count). The lowest BCUT2D eigenvalue weighted by atomic mass is 10.1. The molecule has 1 aromatic heterocycles. The molecule has 6 nitrogen and oxygen atoms in total. The molecule has 0 fully saturated rings. The molecule has 1 N–H and O–H groups in total. The van der Waals surface area contributed by atoms with E-state index >= 15 is 0 Å². The van der Waals surface area contributed by atoms with Crippen LogP contribution in [0.4, 0.5) is 5.69 Å². The van der Waals surface area contributed by atoms with Crippen molar-refractivity contribution in [3.63, 3.8) is 0 Å². The van der Waals surface area contributed by atoms with Crippen molar-refractivity contribution >= 4 is 28.3 Å². The maximum Gasteiger partial charge on any atom is 0.226 e. The number of hydrogen-bond acceptors (Lipinski definition) is 4. The number of nitrogens with zero attached hydrogens (tertiary/aromatic N) is 2. The van der Waals surface area contributed by atoms with Gasteiger partial charge in [-0.1, -0.05) is 12.1 Å². The minimum atomic E-state index is -0.127. The normalized spacial score (nSPS) is 10.6. The number of anilines is 1. The molecule has 0 spiro atoms. The fourth-order valence-electron chi connectivity index (χ4n) is 2.62. The summed E-state index contributed by atoms with van der Waals surface area (Å²) in [6.07, 6.45) is 2.04. The van der Waals surface area contributed by atoms with Crippen LogP contribution >= 0.6 is 0 Å². The number of amides is 1. The van der Waals surface area contributed by atoms with E-state index < -0.39 is 0 Å². The van der Waals surface area contributed by atoms with Crippen LogP contribution in [0, 0.1) is 0 Å². The summed E-state index contributed by atoms with van der Waals surface area (Å²) in [7, 11) is 1.62. The number of ketones is 1. The number of carbonyl (C=O) groups excluding carboxylic acids is 2. The molecule has 6 heteroatoms. The zero-order valence-corrected chi connectivity index (χ0v) is 14.2. The molecule has 0 atom stereocenters. The molecule has 0 saturated carbocycles. The lowest BCUT2D eigenvalue weighted by Gasteiger charge is -2.07. The van der Waals surface area contributed by atoms with Crippen molar-refractivity contribution in [1.82, 2.24) is 9.78 Å². The van der Waals surface area contributed by atoms with Crippen LogP contribution in [-0.2, 0) is 11.3 Å². The van der Waals surface area contributed by atoms with Gasteiger partial charge in [-0.3, -0.25) is 14.3 Å². The third kappa shape index (κ3) is 3.85. The Balaban J connectivity index is 1.64. The van der Waals surface area contributed by atoms with Gasteiger partial charge >= 0.3 is 0 Å². The molecule has 0 aliphatic carbocycles. The number of fused-ring (bicyclic) bond motifs is 1. The summed E-state index contributed by atoms with van der Waals surface area (Å²) in [6.45, 7) is 1.97. The van der Waals surface area contributed by atoms with Crippen molar-refractivity contribution in [2.75, 3.05) is 12.4 Å². The Morgan fingerprint density at radius 3 is 2.80 bits per heavy atom. The summed E-state index contributed by atoms with van der Waals surface area (Å²) in [5, 5.41) is 8.10. The smallest absolute Gasteiger partial charge is 0.226 e. The first-order valence-electron chi connectivity index (χ1n) is 7.97. The van der Waals surface area contributed by atoms with E-state index in [9.17, 15) is 9.59 Å². The number of methoxy groups -OCH3 is 1. The fraction of sp³-hybridized carbons (Fsp3) is 0.211. The highest BCUT2D eigenvalue weighted by Crippen LogP contribution is 2.20. The highest BCUT2D eigenvalue weighted by atomic mass is 16.5. The number of nitrogens with one attached hydrogen (secondary N) is 1. The maximum absolute atomic E-state index is 12.2. The summed E-state index contributed by atoms with van der Waals surface area (Å²) >= 11 is 0. The van der Waals surface area contributed by atoms with E-state index in [4.69, 9.17) is 4.74 Å². The number of hydrogen-bond donors (Lipinski definition) is 1. The first-order chi connectivity index (χ1) is 12.1. The molecular formula is C19H19N3O3. The van der Waals surface area contributed by atoms with Crippen LogP contribution in [0.15, 0.2) is 48.7 Å². The largest absolute Gasteiger partial charge is 0.497 e. The van der Waals surface area contributed by atoms with E-state index in [2.05, 4.69) is 10.4 Å². The van der Waals surface area contributed by atoms with Gasteiger partial charge in [0, 0.05) is 23.1 Å². The van der Waals surface area contributed by atoms with E-state index in [-0.39, 0.29) is 18.1 Å². The van der Waals surface area contributed by atoms with Gasteiger partial charge in [0.05, 0.1) is 25.4 Å². The number of aryl methyl sites for hydroxylation is 1. The molecule has 0 saturated heterocycles. The van der Waals surface area contributed by atoms with Gasteiger partial charge in [0.15, 0.2) is 5.78 Å². The Morgan fingerprint density at radius 1 is 1.20 bits per heavy atom. The molecule has 1 amide bonds.